The molecule has 0 bridgehead atoms. The summed E-state index contributed by atoms with van der Waals surface area (Å²) in [6.07, 6.45) is 5.68. The van der Waals surface area contributed by atoms with Gasteiger partial charge in [0.1, 0.15) is 4.60 Å². The molecule has 1 aromatic carbocycles. The minimum absolute atomic E-state index is 0.0870. The molecule has 1 saturated carbocycles. The van der Waals surface area contributed by atoms with Crippen LogP contribution in [-0.4, -0.2) is 26.5 Å². The SMILES string of the molecule is Cn1c(=O)n(C2CCCC2)c2c3cc(Br)n(S(=O)(=O)c4ccccc4)c3ncc21. The molecule has 0 aliphatic heterocycles. The maximum Gasteiger partial charge on any atom is 0.329 e. The second-order valence-corrected chi connectivity index (χ2v) is 10.0. The van der Waals surface area contributed by atoms with Crippen molar-refractivity contribution >= 4 is 48.0 Å². The first-order valence-corrected chi connectivity index (χ1v) is 11.7. The molecule has 5 rings (SSSR count). The van der Waals surface area contributed by atoms with Gasteiger partial charge < -0.3 is 0 Å². The Hall–Kier alpha value is -2.39. The summed E-state index contributed by atoms with van der Waals surface area (Å²) in [4.78, 5) is 17.6. The number of aryl methyl sites for hydroxylation is 1. The third-order valence-electron chi connectivity index (χ3n) is 5.76. The average Bonchev–Trinajstić information content (AvgIpc) is 3.40. The lowest BCUT2D eigenvalue weighted by Gasteiger charge is -2.12. The number of benzene rings is 1. The minimum atomic E-state index is -3.84. The van der Waals surface area contributed by atoms with E-state index in [-0.39, 0.29) is 16.6 Å². The number of rotatable bonds is 3. The zero-order chi connectivity index (χ0) is 20.3. The van der Waals surface area contributed by atoms with Gasteiger partial charge in [0.2, 0.25) is 0 Å². The molecular weight excluding hydrogens is 456 g/mol. The smallest absolute Gasteiger partial charge is 0.293 e. The summed E-state index contributed by atoms with van der Waals surface area (Å²) in [6, 6.07) is 10.1. The summed E-state index contributed by atoms with van der Waals surface area (Å²) >= 11 is 3.41. The summed E-state index contributed by atoms with van der Waals surface area (Å²) in [5, 5.41) is 0.651. The van der Waals surface area contributed by atoms with Crippen LogP contribution in [0.15, 0.2) is 56.9 Å². The van der Waals surface area contributed by atoms with Crippen LogP contribution in [0.3, 0.4) is 0 Å². The Morgan fingerprint density at radius 3 is 2.52 bits per heavy atom. The molecule has 0 spiro atoms. The molecule has 9 heteroatoms. The fourth-order valence-corrected chi connectivity index (χ4v) is 6.69. The van der Waals surface area contributed by atoms with Crippen molar-refractivity contribution in [2.45, 2.75) is 36.6 Å². The second-order valence-electron chi connectivity index (χ2n) is 7.43. The predicted molar refractivity (Wildman–Crippen MR) is 115 cm³/mol. The molecular formula is C20H19BrN4O3S. The van der Waals surface area contributed by atoms with Crippen molar-refractivity contribution in [2.75, 3.05) is 0 Å². The van der Waals surface area contributed by atoms with Crippen LogP contribution in [0.2, 0.25) is 0 Å². The Kier molecular flexibility index (Phi) is 4.22. The molecule has 7 nitrogen and oxygen atoms in total. The highest BCUT2D eigenvalue weighted by atomic mass is 79.9. The Balaban J connectivity index is 1.86. The van der Waals surface area contributed by atoms with E-state index in [1.807, 2.05) is 4.57 Å². The molecule has 3 aromatic heterocycles. The molecule has 0 atom stereocenters. The number of halogens is 1. The van der Waals surface area contributed by atoms with Crippen LogP contribution in [-0.2, 0) is 17.1 Å². The van der Waals surface area contributed by atoms with Crippen LogP contribution >= 0.6 is 15.9 Å². The maximum atomic E-state index is 13.3. The zero-order valence-corrected chi connectivity index (χ0v) is 18.1. The molecule has 1 fully saturated rings. The van der Waals surface area contributed by atoms with Gasteiger partial charge in [0.25, 0.3) is 10.0 Å². The van der Waals surface area contributed by atoms with Gasteiger partial charge in [0.05, 0.1) is 22.1 Å². The lowest BCUT2D eigenvalue weighted by molar-refractivity contribution is 0.510. The monoisotopic (exact) mass is 474 g/mol. The van der Waals surface area contributed by atoms with Gasteiger partial charge in [-0.25, -0.2) is 22.2 Å². The van der Waals surface area contributed by atoms with Crippen LogP contribution in [0, 0.1) is 0 Å². The van der Waals surface area contributed by atoms with Gasteiger partial charge in [-0.2, -0.15) is 0 Å². The van der Waals surface area contributed by atoms with E-state index >= 15 is 0 Å². The molecule has 4 aromatic rings. The fraction of sp³-hybridized carbons (Fsp3) is 0.300. The van der Waals surface area contributed by atoms with Gasteiger partial charge >= 0.3 is 5.69 Å². The van der Waals surface area contributed by atoms with E-state index in [4.69, 9.17) is 0 Å². The van der Waals surface area contributed by atoms with E-state index in [0.29, 0.717) is 21.2 Å². The molecule has 1 aliphatic carbocycles. The largest absolute Gasteiger partial charge is 0.329 e. The lowest BCUT2D eigenvalue weighted by Crippen LogP contribution is -2.24. The summed E-state index contributed by atoms with van der Waals surface area (Å²) in [7, 11) is -2.11. The maximum absolute atomic E-state index is 13.3. The van der Waals surface area contributed by atoms with Crippen LogP contribution in [0.5, 0.6) is 0 Å². The predicted octanol–water partition coefficient (Wildman–Crippen LogP) is 3.80. The third-order valence-corrected chi connectivity index (χ3v) is 8.30. The number of aromatic nitrogens is 4. The highest BCUT2D eigenvalue weighted by Crippen LogP contribution is 2.36. The summed E-state index contributed by atoms with van der Waals surface area (Å²) in [5.41, 5.74) is 1.68. The Bertz CT molecular complexity index is 1410. The molecule has 0 N–H and O–H groups in total. The third kappa shape index (κ3) is 2.63. The van der Waals surface area contributed by atoms with Crippen molar-refractivity contribution in [3.63, 3.8) is 0 Å². The van der Waals surface area contributed by atoms with Gasteiger partial charge in [-0.05, 0) is 47.0 Å². The van der Waals surface area contributed by atoms with Crippen molar-refractivity contribution in [2.24, 2.45) is 7.05 Å². The van der Waals surface area contributed by atoms with Crippen molar-refractivity contribution in [1.29, 1.82) is 0 Å². The quantitative estimate of drug-likeness (QED) is 0.452. The van der Waals surface area contributed by atoms with Gasteiger partial charge in [-0.15, -0.1) is 0 Å². The molecule has 0 unspecified atom stereocenters. The van der Waals surface area contributed by atoms with Gasteiger partial charge in [-0.1, -0.05) is 31.0 Å². The number of imidazole rings is 1. The molecule has 3 heterocycles. The highest BCUT2D eigenvalue weighted by Gasteiger charge is 2.28. The first-order chi connectivity index (χ1) is 13.9. The first kappa shape index (κ1) is 18.6. The standard InChI is InChI=1S/C20H19BrN4O3S/c1-23-16-12-22-19-15(18(16)24(20(23)26)13-7-5-6-8-13)11-17(21)25(19)29(27,28)14-9-3-2-4-10-14/h2-4,9-13H,5-8H2,1H3. The van der Waals surface area contributed by atoms with Crippen molar-refractivity contribution in [3.05, 3.63) is 57.7 Å². The van der Waals surface area contributed by atoms with Crippen LogP contribution in [0.25, 0.3) is 22.1 Å². The number of hydrogen-bond donors (Lipinski definition) is 0. The van der Waals surface area contributed by atoms with E-state index in [0.717, 1.165) is 31.2 Å². The van der Waals surface area contributed by atoms with Crippen molar-refractivity contribution < 1.29 is 8.42 Å². The van der Waals surface area contributed by atoms with E-state index in [9.17, 15) is 13.2 Å². The topological polar surface area (TPSA) is 78.9 Å². The summed E-state index contributed by atoms with van der Waals surface area (Å²) in [5.74, 6) is 0. The number of hydrogen-bond acceptors (Lipinski definition) is 4. The Morgan fingerprint density at radius 1 is 1.14 bits per heavy atom. The Labute approximate surface area is 175 Å². The molecule has 29 heavy (non-hydrogen) atoms. The second kappa shape index (κ2) is 6.56. The summed E-state index contributed by atoms with van der Waals surface area (Å²) < 4.78 is 31.6. The molecule has 1 aliphatic rings. The normalized spacial score (nSPS) is 15.7. The van der Waals surface area contributed by atoms with Crippen LogP contribution < -0.4 is 5.69 Å². The first-order valence-electron chi connectivity index (χ1n) is 9.49. The van der Waals surface area contributed by atoms with Crippen LogP contribution in [0.4, 0.5) is 0 Å². The number of fused-ring (bicyclic) bond motifs is 3. The van der Waals surface area contributed by atoms with Crippen molar-refractivity contribution in [1.82, 2.24) is 18.1 Å². The minimum Gasteiger partial charge on any atom is -0.293 e. The van der Waals surface area contributed by atoms with E-state index in [1.165, 1.54) is 3.97 Å². The van der Waals surface area contributed by atoms with E-state index < -0.39 is 10.0 Å². The van der Waals surface area contributed by atoms with Crippen LogP contribution in [0.1, 0.15) is 31.7 Å². The van der Waals surface area contributed by atoms with E-state index in [1.54, 1.807) is 54.2 Å². The van der Waals surface area contributed by atoms with Gasteiger partial charge in [0.15, 0.2) is 5.65 Å². The molecule has 0 amide bonds. The molecule has 150 valence electrons. The van der Waals surface area contributed by atoms with Gasteiger partial charge in [0, 0.05) is 18.5 Å². The van der Waals surface area contributed by atoms with Gasteiger partial charge in [-0.3, -0.25) is 9.13 Å². The lowest BCUT2D eigenvalue weighted by atomic mass is 10.2. The molecule has 0 radical (unpaired) electrons. The summed E-state index contributed by atoms with van der Waals surface area (Å²) in [6.45, 7) is 0. The number of pyridine rings is 1. The fourth-order valence-electron chi connectivity index (χ4n) is 4.36. The Morgan fingerprint density at radius 2 is 1.83 bits per heavy atom. The van der Waals surface area contributed by atoms with Crippen molar-refractivity contribution in [3.8, 4) is 0 Å². The molecule has 0 saturated heterocycles. The van der Waals surface area contributed by atoms with E-state index in [2.05, 4.69) is 20.9 Å². The number of nitrogens with zero attached hydrogens (tertiary/aromatic N) is 4. The highest BCUT2D eigenvalue weighted by molar-refractivity contribution is 9.10. The zero-order valence-electron chi connectivity index (χ0n) is 15.7. The average molecular weight is 475 g/mol.